The molecule has 2 aromatic heterocycles. The molecule has 1 aromatic carbocycles. The zero-order valence-corrected chi connectivity index (χ0v) is 17.7. The summed E-state index contributed by atoms with van der Waals surface area (Å²) in [6.45, 7) is 2.37. The number of aliphatic hydroxyl groups is 1. The van der Waals surface area contributed by atoms with E-state index in [2.05, 4.69) is 26.3 Å². The van der Waals surface area contributed by atoms with Crippen molar-refractivity contribution in [3.63, 3.8) is 0 Å². The monoisotopic (exact) mass is 443 g/mol. The highest BCUT2D eigenvalue weighted by Gasteiger charge is 2.47. The highest BCUT2D eigenvalue weighted by atomic mass is 35.5. The number of pyridine rings is 1. The van der Waals surface area contributed by atoms with Gasteiger partial charge in [-0.25, -0.2) is 15.0 Å². The van der Waals surface area contributed by atoms with E-state index < -0.39 is 16.9 Å². The molecule has 31 heavy (non-hydrogen) atoms. The summed E-state index contributed by atoms with van der Waals surface area (Å²) in [5, 5.41) is 23.3. The summed E-state index contributed by atoms with van der Waals surface area (Å²) >= 11 is 6.29. The third-order valence-corrected chi connectivity index (χ3v) is 5.86. The van der Waals surface area contributed by atoms with Gasteiger partial charge in [0.2, 0.25) is 0 Å². The molecule has 0 bridgehead atoms. The number of nitriles is 1. The number of alkyl halides is 2. The Morgan fingerprint density at radius 3 is 2.65 bits per heavy atom. The van der Waals surface area contributed by atoms with Crippen LogP contribution in [0.4, 0.5) is 14.6 Å². The van der Waals surface area contributed by atoms with Crippen LogP contribution in [0.15, 0.2) is 36.7 Å². The highest BCUT2D eigenvalue weighted by Crippen LogP contribution is 2.50. The molecule has 1 fully saturated rings. The Bertz CT molecular complexity index is 1200. The topological polar surface area (TPSA) is 94.7 Å². The van der Waals surface area contributed by atoms with Crippen molar-refractivity contribution in [2.45, 2.75) is 50.2 Å². The predicted octanol–water partition coefficient (Wildman–Crippen LogP) is 4.71. The van der Waals surface area contributed by atoms with Crippen molar-refractivity contribution in [3.8, 4) is 6.07 Å². The van der Waals surface area contributed by atoms with E-state index in [0.29, 0.717) is 28.0 Å². The standard InChI is InChI=1S/C22H20ClF2N5O/c1-20(2,31)22(24,25)14-5-3-4-13(8-14)10-27-18-15-9-16(21(11-26)6-7-21)17(23)30-19(15)29-12-28-18/h3-5,8-9,12,31H,6-7,10H2,1-2H3,(H,27,28,29,30). The largest absolute Gasteiger partial charge is 0.384 e. The molecule has 4 rings (SSSR count). The number of fused-ring (bicyclic) bond motifs is 1. The summed E-state index contributed by atoms with van der Waals surface area (Å²) in [4.78, 5) is 12.7. The SMILES string of the molecule is CC(C)(O)C(F)(F)c1cccc(CNc2ncnc3nc(Cl)c(C4(C#N)CC4)cc23)c1. The van der Waals surface area contributed by atoms with Gasteiger partial charge in [0.15, 0.2) is 5.65 Å². The maximum absolute atomic E-state index is 14.5. The van der Waals surface area contributed by atoms with Crippen LogP contribution < -0.4 is 5.32 Å². The number of rotatable bonds is 6. The lowest BCUT2D eigenvalue weighted by Gasteiger charge is -2.29. The molecule has 0 atom stereocenters. The summed E-state index contributed by atoms with van der Waals surface area (Å²) in [6, 6.07) is 9.95. The summed E-state index contributed by atoms with van der Waals surface area (Å²) in [7, 11) is 0. The first kappa shape index (κ1) is 21.3. The van der Waals surface area contributed by atoms with Crippen molar-refractivity contribution >= 4 is 28.5 Å². The lowest BCUT2D eigenvalue weighted by atomic mass is 9.92. The van der Waals surface area contributed by atoms with Gasteiger partial charge in [0.25, 0.3) is 0 Å². The van der Waals surface area contributed by atoms with Gasteiger partial charge in [-0.2, -0.15) is 14.0 Å². The Balaban J connectivity index is 1.64. The van der Waals surface area contributed by atoms with E-state index in [1.807, 2.05) is 0 Å². The Labute approximate surface area is 182 Å². The second-order valence-corrected chi connectivity index (χ2v) is 8.66. The van der Waals surface area contributed by atoms with E-state index in [-0.39, 0.29) is 17.3 Å². The third kappa shape index (κ3) is 3.80. The number of nitrogens with one attached hydrogen (secondary N) is 1. The molecule has 0 spiro atoms. The predicted molar refractivity (Wildman–Crippen MR) is 113 cm³/mol. The van der Waals surface area contributed by atoms with Crippen LogP contribution in [0, 0.1) is 11.3 Å². The van der Waals surface area contributed by atoms with Crippen molar-refractivity contribution in [2.75, 3.05) is 5.32 Å². The molecule has 9 heteroatoms. The molecule has 1 aliphatic carbocycles. The van der Waals surface area contributed by atoms with Gasteiger partial charge >= 0.3 is 5.92 Å². The molecule has 0 saturated heterocycles. The molecule has 0 aliphatic heterocycles. The normalized spacial score (nSPS) is 15.5. The van der Waals surface area contributed by atoms with Crippen molar-refractivity contribution in [1.29, 1.82) is 5.26 Å². The summed E-state index contributed by atoms with van der Waals surface area (Å²) < 4.78 is 29.0. The van der Waals surface area contributed by atoms with Crippen molar-refractivity contribution in [3.05, 3.63) is 58.5 Å². The van der Waals surface area contributed by atoms with E-state index in [4.69, 9.17) is 11.6 Å². The molecule has 1 saturated carbocycles. The minimum absolute atomic E-state index is 0.212. The fourth-order valence-electron chi connectivity index (χ4n) is 3.42. The summed E-state index contributed by atoms with van der Waals surface area (Å²) in [5.74, 6) is -2.94. The molecular weight excluding hydrogens is 424 g/mol. The molecule has 2 N–H and O–H groups in total. The Morgan fingerprint density at radius 1 is 1.26 bits per heavy atom. The number of nitrogens with zero attached hydrogens (tertiary/aromatic N) is 4. The second kappa shape index (κ2) is 7.36. The van der Waals surface area contributed by atoms with Crippen molar-refractivity contribution < 1.29 is 13.9 Å². The Hall–Kier alpha value is -2.89. The van der Waals surface area contributed by atoms with Crippen LogP contribution in [-0.4, -0.2) is 25.7 Å². The number of hydrogen-bond donors (Lipinski definition) is 2. The van der Waals surface area contributed by atoms with Crippen LogP contribution in [0.1, 0.15) is 43.4 Å². The molecule has 2 heterocycles. The van der Waals surface area contributed by atoms with E-state index >= 15 is 0 Å². The summed E-state index contributed by atoms with van der Waals surface area (Å²) in [5.41, 5.74) is -1.47. The maximum atomic E-state index is 14.5. The number of benzene rings is 1. The van der Waals surface area contributed by atoms with Gasteiger partial charge in [0.05, 0.1) is 16.9 Å². The average Bonchev–Trinajstić information content (AvgIpc) is 3.52. The molecule has 3 aromatic rings. The fraction of sp³-hybridized carbons (Fsp3) is 0.364. The van der Waals surface area contributed by atoms with E-state index in [0.717, 1.165) is 26.7 Å². The average molecular weight is 444 g/mol. The highest BCUT2D eigenvalue weighted by molar-refractivity contribution is 6.30. The van der Waals surface area contributed by atoms with E-state index in [9.17, 15) is 19.1 Å². The summed E-state index contributed by atoms with van der Waals surface area (Å²) in [6.07, 6.45) is 2.77. The first-order valence-corrected chi connectivity index (χ1v) is 10.1. The lowest BCUT2D eigenvalue weighted by molar-refractivity contribution is -0.168. The molecule has 1 aliphatic rings. The van der Waals surface area contributed by atoms with Crippen LogP contribution in [0.2, 0.25) is 5.15 Å². The van der Waals surface area contributed by atoms with Crippen molar-refractivity contribution in [2.24, 2.45) is 0 Å². The van der Waals surface area contributed by atoms with Gasteiger partial charge in [0, 0.05) is 17.7 Å². The quantitative estimate of drug-likeness (QED) is 0.536. The van der Waals surface area contributed by atoms with Gasteiger partial charge in [-0.05, 0) is 44.4 Å². The van der Waals surface area contributed by atoms with Gasteiger partial charge < -0.3 is 10.4 Å². The van der Waals surface area contributed by atoms with Crippen molar-refractivity contribution in [1.82, 2.24) is 15.0 Å². The zero-order valence-electron chi connectivity index (χ0n) is 17.0. The van der Waals surface area contributed by atoms with E-state index in [1.165, 1.54) is 24.5 Å². The molecule has 0 unspecified atom stereocenters. The van der Waals surface area contributed by atoms with Gasteiger partial charge in [-0.15, -0.1) is 0 Å². The van der Waals surface area contributed by atoms with Crippen LogP contribution in [0.25, 0.3) is 11.0 Å². The molecule has 6 nitrogen and oxygen atoms in total. The van der Waals surface area contributed by atoms with Gasteiger partial charge in [0.1, 0.15) is 22.9 Å². The van der Waals surface area contributed by atoms with Crippen LogP contribution >= 0.6 is 11.6 Å². The number of hydrogen-bond acceptors (Lipinski definition) is 6. The van der Waals surface area contributed by atoms with Crippen LogP contribution in [0.5, 0.6) is 0 Å². The minimum Gasteiger partial charge on any atom is -0.384 e. The maximum Gasteiger partial charge on any atom is 0.300 e. The lowest BCUT2D eigenvalue weighted by Crippen LogP contribution is -2.40. The molecule has 0 radical (unpaired) electrons. The van der Waals surface area contributed by atoms with Gasteiger partial charge in [-0.1, -0.05) is 29.8 Å². The number of halogens is 3. The Morgan fingerprint density at radius 2 is 2.00 bits per heavy atom. The Kier molecular flexibility index (Phi) is 5.07. The van der Waals surface area contributed by atoms with Gasteiger partial charge in [-0.3, -0.25) is 0 Å². The first-order chi connectivity index (χ1) is 14.6. The minimum atomic E-state index is -3.41. The zero-order chi connectivity index (χ0) is 22.4. The van der Waals surface area contributed by atoms with E-state index in [1.54, 1.807) is 12.1 Å². The van der Waals surface area contributed by atoms with Crippen LogP contribution in [-0.2, 0) is 17.9 Å². The number of aromatic nitrogens is 3. The van der Waals surface area contributed by atoms with Crippen LogP contribution in [0.3, 0.4) is 0 Å². The first-order valence-electron chi connectivity index (χ1n) is 9.74. The number of anilines is 1. The molecule has 0 amide bonds. The second-order valence-electron chi connectivity index (χ2n) is 8.30. The smallest absolute Gasteiger partial charge is 0.300 e. The third-order valence-electron chi connectivity index (χ3n) is 5.58. The molecule has 160 valence electrons. The molecular formula is C22H20ClF2N5O. The fourth-order valence-corrected chi connectivity index (χ4v) is 3.74.